The normalized spacial score (nSPS) is 18.3. The number of rotatable bonds is 2. The summed E-state index contributed by atoms with van der Waals surface area (Å²) in [4.78, 5) is 23.9. The van der Waals surface area contributed by atoms with Crippen molar-refractivity contribution in [2.24, 2.45) is 0 Å². The molecule has 0 radical (unpaired) electrons. The molecule has 2 heterocycles. The molecular weight excluding hydrogens is 444 g/mol. The second-order valence-electron chi connectivity index (χ2n) is 7.15. The molecule has 1 spiro atoms. The van der Waals surface area contributed by atoms with Crippen LogP contribution in [0.1, 0.15) is 37.4 Å². The minimum atomic E-state index is -4.98. The Kier molecular flexibility index (Phi) is 3.86. The van der Waals surface area contributed by atoms with Gasteiger partial charge in [0.25, 0.3) is 10.1 Å². The highest BCUT2D eigenvalue weighted by atomic mass is 32.2. The Morgan fingerprint density at radius 1 is 1.00 bits per heavy atom. The van der Waals surface area contributed by atoms with Crippen LogP contribution in [0.25, 0.3) is 0 Å². The molecule has 0 saturated carbocycles. The largest absolute Gasteiger partial charge is 0.508 e. The molecule has 3 aromatic rings. The topological polar surface area (TPSA) is 168 Å². The van der Waals surface area contributed by atoms with Gasteiger partial charge in [0.05, 0.1) is 11.1 Å². The molecule has 2 aliphatic heterocycles. The maximum absolute atomic E-state index is 12.8. The molecule has 0 aliphatic carbocycles. The van der Waals surface area contributed by atoms with Crippen molar-refractivity contribution in [2.45, 2.75) is 10.5 Å². The lowest BCUT2D eigenvalue weighted by Gasteiger charge is -2.37. The average molecular weight is 456 g/mol. The van der Waals surface area contributed by atoms with Gasteiger partial charge in [0.2, 0.25) is 0 Å². The summed E-state index contributed by atoms with van der Waals surface area (Å²) in [6, 6.07) is 10.1. The molecule has 0 saturated heterocycles. The predicted molar refractivity (Wildman–Crippen MR) is 105 cm³/mol. The van der Waals surface area contributed by atoms with Crippen molar-refractivity contribution in [1.82, 2.24) is 0 Å². The first kappa shape index (κ1) is 19.8. The number of aromatic carboxylic acids is 1. The lowest BCUT2D eigenvalue weighted by atomic mass is 9.77. The molecule has 2 aliphatic rings. The van der Waals surface area contributed by atoms with Gasteiger partial charge in [-0.05, 0) is 18.2 Å². The molecule has 0 fully saturated rings. The number of ether oxygens (including phenoxy) is 2. The summed E-state index contributed by atoms with van der Waals surface area (Å²) >= 11 is 0. The number of hydrogen-bond acceptors (Lipinski definition) is 8. The first-order chi connectivity index (χ1) is 15.1. The Morgan fingerprint density at radius 2 is 1.72 bits per heavy atom. The highest BCUT2D eigenvalue weighted by Crippen LogP contribution is 2.59. The number of benzene rings is 3. The lowest BCUT2D eigenvalue weighted by Crippen LogP contribution is -2.35. The molecule has 0 aromatic heterocycles. The first-order valence-electron chi connectivity index (χ1n) is 9.01. The quantitative estimate of drug-likeness (QED) is 0.332. The Labute approximate surface area is 179 Å². The molecule has 32 heavy (non-hydrogen) atoms. The fourth-order valence-electron chi connectivity index (χ4n) is 4.22. The first-order valence-corrected chi connectivity index (χ1v) is 10.4. The van der Waals surface area contributed by atoms with Gasteiger partial charge in [-0.15, -0.1) is 0 Å². The molecule has 0 bridgehead atoms. The summed E-state index contributed by atoms with van der Waals surface area (Å²) in [6.07, 6.45) is 0. The third-order valence-electron chi connectivity index (χ3n) is 5.39. The van der Waals surface area contributed by atoms with E-state index < -0.39 is 55.4 Å². The van der Waals surface area contributed by atoms with Gasteiger partial charge in [-0.2, -0.15) is 8.42 Å². The van der Waals surface area contributed by atoms with E-state index >= 15 is 0 Å². The zero-order chi connectivity index (χ0) is 23.0. The third-order valence-corrected chi connectivity index (χ3v) is 6.27. The molecule has 0 amide bonds. The number of carbonyl (C=O) groups is 2. The highest BCUT2D eigenvalue weighted by Gasteiger charge is 2.56. The second-order valence-corrected chi connectivity index (χ2v) is 8.54. The van der Waals surface area contributed by atoms with E-state index in [1.54, 1.807) is 12.1 Å². The minimum absolute atomic E-state index is 0.0746. The Balaban J connectivity index is 2.02. The fourth-order valence-corrected chi connectivity index (χ4v) is 4.99. The summed E-state index contributed by atoms with van der Waals surface area (Å²) in [7, 11) is -4.98. The minimum Gasteiger partial charge on any atom is -0.508 e. The van der Waals surface area contributed by atoms with E-state index in [0.29, 0.717) is 0 Å². The third kappa shape index (κ3) is 2.46. The van der Waals surface area contributed by atoms with Crippen molar-refractivity contribution in [3.8, 4) is 23.0 Å². The van der Waals surface area contributed by atoms with E-state index in [-0.39, 0.29) is 28.0 Å². The lowest BCUT2D eigenvalue weighted by molar-refractivity contribution is 0.0213. The number of phenolic OH excluding ortho intramolecular Hbond substituents is 1. The molecule has 3 aromatic carbocycles. The van der Waals surface area contributed by atoms with E-state index in [4.69, 9.17) is 9.47 Å². The van der Waals surface area contributed by atoms with Crippen LogP contribution >= 0.6 is 0 Å². The van der Waals surface area contributed by atoms with E-state index in [1.807, 2.05) is 0 Å². The summed E-state index contributed by atoms with van der Waals surface area (Å²) in [6.45, 7) is 0. The van der Waals surface area contributed by atoms with Crippen molar-refractivity contribution in [3.05, 3.63) is 76.3 Å². The number of fused-ring (bicyclic) bond motifs is 6. The van der Waals surface area contributed by atoms with Crippen molar-refractivity contribution < 1.29 is 47.4 Å². The van der Waals surface area contributed by atoms with Gasteiger partial charge in [0, 0.05) is 23.3 Å². The molecule has 10 nitrogen and oxygen atoms in total. The highest BCUT2D eigenvalue weighted by molar-refractivity contribution is 7.85. The Hall–Kier alpha value is -4.09. The van der Waals surface area contributed by atoms with Gasteiger partial charge >= 0.3 is 11.9 Å². The van der Waals surface area contributed by atoms with Crippen LogP contribution in [-0.4, -0.2) is 40.2 Å². The molecular formula is C21H12O10S. The fraction of sp³-hybridized carbons (Fsp3) is 0.0476. The van der Waals surface area contributed by atoms with E-state index in [9.17, 15) is 37.9 Å². The zero-order valence-electron chi connectivity index (χ0n) is 15.8. The van der Waals surface area contributed by atoms with Crippen LogP contribution in [0.15, 0.2) is 53.4 Å². The summed E-state index contributed by atoms with van der Waals surface area (Å²) < 4.78 is 45.7. The number of carbonyl (C=O) groups excluding carboxylic acids is 1. The SMILES string of the molecule is O=C1OC2(c3ccccc31)c1ccc(O)c(C(=O)O)c1Oc1cc(O)cc(S(=O)(=O)O)c12. The van der Waals surface area contributed by atoms with Gasteiger partial charge < -0.3 is 24.8 Å². The van der Waals surface area contributed by atoms with Gasteiger partial charge in [-0.3, -0.25) is 4.55 Å². The van der Waals surface area contributed by atoms with Crippen LogP contribution in [-0.2, 0) is 20.5 Å². The predicted octanol–water partition coefficient (Wildman–Crippen LogP) is 2.61. The van der Waals surface area contributed by atoms with E-state index in [1.165, 1.54) is 18.2 Å². The number of hydrogen-bond donors (Lipinski definition) is 4. The number of carboxylic acid groups (broad SMARTS) is 1. The van der Waals surface area contributed by atoms with Gasteiger partial charge in [-0.25, -0.2) is 9.59 Å². The van der Waals surface area contributed by atoms with Crippen molar-refractivity contribution >= 4 is 22.1 Å². The molecule has 11 heteroatoms. The van der Waals surface area contributed by atoms with E-state index in [0.717, 1.165) is 18.2 Å². The number of phenols is 2. The van der Waals surface area contributed by atoms with Crippen LogP contribution in [0.4, 0.5) is 0 Å². The van der Waals surface area contributed by atoms with Gasteiger partial charge in [-0.1, -0.05) is 18.2 Å². The standard InChI is InChI=1S/C21H12O10S/c22-9-7-14-17(15(8-9)32(27,28)29)21(11-4-2-1-3-10(11)20(26)31-21)12-5-6-13(23)16(19(24)25)18(12)30-14/h1-8,22-23H,(H,24,25)(H,27,28,29). The van der Waals surface area contributed by atoms with Crippen molar-refractivity contribution in [1.29, 1.82) is 0 Å². The summed E-state index contributed by atoms with van der Waals surface area (Å²) in [5.41, 5.74) is -2.89. The molecule has 1 unspecified atom stereocenters. The monoisotopic (exact) mass is 456 g/mol. The van der Waals surface area contributed by atoms with Gasteiger partial charge in [0.1, 0.15) is 27.7 Å². The zero-order valence-corrected chi connectivity index (χ0v) is 16.6. The smallest absolute Gasteiger partial charge is 0.343 e. The number of esters is 1. The second kappa shape index (κ2) is 6.22. The van der Waals surface area contributed by atoms with Crippen LogP contribution in [0, 0.1) is 0 Å². The van der Waals surface area contributed by atoms with Crippen molar-refractivity contribution in [2.75, 3.05) is 0 Å². The Bertz CT molecular complexity index is 1470. The molecule has 162 valence electrons. The maximum Gasteiger partial charge on any atom is 0.343 e. The summed E-state index contributed by atoms with van der Waals surface area (Å²) in [5.74, 6) is -4.47. The Morgan fingerprint density at radius 3 is 2.41 bits per heavy atom. The van der Waals surface area contributed by atoms with Crippen LogP contribution < -0.4 is 4.74 Å². The molecule has 5 rings (SSSR count). The maximum atomic E-state index is 12.8. The van der Waals surface area contributed by atoms with Crippen molar-refractivity contribution in [3.63, 3.8) is 0 Å². The summed E-state index contributed by atoms with van der Waals surface area (Å²) in [5, 5.41) is 29.9. The molecule has 4 N–H and O–H groups in total. The van der Waals surface area contributed by atoms with Crippen LogP contribution in [0.2, 0.25) is 0 Å². The molecule has 1 atom stereocenters. The van der Waals surface area contributed by atoms with Crippen LogP contribution in [0.3, 0.4) is 0 Å². The van der Waals surface area contributed by atoms with E-state index in [2.05, 4.69) is 0 Å². The van der Waals surface area contributed by atoms with Gasteiger partial charge in [0.15, 0.2) is 11.4 Å². The van der Waals surface area contributed by atoms with Crippen LogP contribution in [0.5, 0.6) is 23.0 Å². The number of carboxylic acids is 1. The number of aromatic hydroxyl groups is 2. The average Bonchev–Trinajstić information content (AvgIpc) is 2.99.